The van der Waals surface area contributed by atoms with Crippen LogP contribution in [0, 0.1) is 6.92 Å². The van der Waals surface area contributed by atoms with E-state index in [-0.39, 0.29) is 0 Å². The average Bonchev–Trinajstić information content (AvgIpc) is 2.71. The van der Waals surface area contributed by atoms with Gasteiger partial charge in [0.25, 0.3) is 7.98 Å². The lowest BCUT2D eigenvalue weighted by Gasteiger charge is -2.17. The Morgan fingerprint density at radius 1 is 1.32 bits per heavy atom. The van der Waals surface area contributed by atoms with Crippen LogP contribution in [0.4, 0.5) is 0 Å². The molecule has 0 amide bonds. The van der Waals surface area contributed by atoms with Crippen LogP contribution in [0.5, 0.6) is 0 Å². The molecule has 3 heterocycles. The maximum Gasteiger partial charge on any atom is 0.265 e. The van der Waals surface area contributed by atoms with E-state index in [9.17, 15) is 0 Å². The van der Waals surface area contributed by atoms with Gasteiger partial charge in [-0.25, -0.2) is 4.98 Å². The lowest BCUT2D eigenvalue weighted by molar-refractivity contribution is 1.02. The van der Waals surface area contributed by atoms with E-state index < -0.39 is 0 Å². The molecule has 2 radical (unpaired) electrons. The predicted molar refractivity (Wildman–Crippen MR) is 78.0 cm³/mol. The Labute approximate surface area is 120 Å². The Bertz CT molecular complexity index is 844. The Hall–Kier alpha value is -1.46. The standard InChI is InChI=1S/C13H7BClN3S/c1-6-2-3-7-9-11(17-18(7)14)10-8(19-12(6)9)4-5-16-13(10)15/h2-5H,1H3. The summed E-state index contributed by atoms with van der Waals surface area (Å²) >= 11 is 7.92. The third-order valence-electron chi connectivity index (χ3n) is 3.34. The molecule has 2 aromatic heterocycles. The Kier molecular flexibility index (Phi) is 2.26. The van der Waals surface area contributed by atoms with E-state index in [0.29, 0.717) is 5.15 Å². The third-order valence-corrected chi connectivity index (χ3v) is 4.92. The summed E-state index contributed by atoms with van der Waals surface area (Å²) in [7, 11) is 5.94. The molecular weight excluding hydrogens is 276 g/mol. The number of hydrogen-bond acceptors (Lipinski definition) is 3. The van der Waals surface area contributed by atoms with Crippen LogP contribution >= 0.6 is 23.4 Å². The van der Waals surface area contributed by atoms with Crippen molar-refractivity contribution < 1.29 is 0 Å². The molecule has 1 aromatic carbocycles. The molecule has 4 rings (SSSR count). The fraction of sp³-hybridized carbons (Fsp3) is 0.0769. The molecular formula is C13H7BClN3S. The van der Waals surface area contributed by atoms with Gasteiger partial charge < -0.3 is 4.59 Å². The van der Waals surface area contributed by atoms with E-state index in [1.165, 1.54) is 15.1 Å². The maximum absolute atomic E-state index is 6.23. The summed E-state index contributed by atoms with van der Waals surface area (Å²) in [6.45, 7) is 2.09. The summed E-state index contributed by atoms with van der Waals surface area (Å²) in [5.74, 6) is 0. The highest BCUT2D eigenvalue weighted by molar-refractivity contribution is 7.99. The lowest BCUT2D eigenvalue weighted by atomic mass is 10.1. The summed E-state index contributed by atoms with van der Waals surface area (Å²) in [6.07, 6.45) is 1.72. The SMILES string of the molecule is [B]n1nc2c3c(c(C)ccc31)Sc1ccnc(Cl)c1-2. The molecule has 3 nitrogen and oxygen atoms in total. The molecule has 0 spiro atoms. The number of nitrogens with zero attached hydrogens (tertiary/aromatic N) is 3. The van der Waals surface area contributed by atoms with E-state index in [1.807, 2.05) is 12.1 Å². The second-order valence-corrected chi connectivity index (χ2v) is 5.89. The van der Waals surface area contributed by atoms with E-state index >= 15 is 0 Å². The number of benzene rings is 1. The van der Waals surface area contributed by atoms with Gasteiger partial charge in [0.05, 0.1) is 11.1 Å². The van der Waals surface area contributed by atoms with Gasteiger partial charge in [0.1, 0.15) is 10.8 Å². The zero-order chi connectivity index (χ0) is 13.1. The molecule has 0 saturated carbocycles. The number of halogens is 1. The molecule has 1 aliphatic rings. The van der Waals surface area contributed by atoms with Gasteiger partial charge in [-0.3, -0.25) is 0 Å². The zero-order valence-electron chi connectivity index (χ0n) is 10.0. The topological polar surface area (TPSA) is 30.7 Å². The molecule has 0 atom stereocenters. The van der Waals surface area contributed by atoms with Gasteiger partial charge in [-0.2, -0.15) is 5.10 Å². The number of aryl methyl sites for hydroxylation is 1. The van der Waals surface area contributed by atoms with Crippen LogP contribution in [0.2, 0.25) is 5.15 Å². The van der Waals surface area contributed by atoms with Gasteiger partial charge in [0.2, 0.25) is 0 Å². The molecule has 90 valence electrons. The summed E-state index contributed by atoms with van der Waals surface area (Å²) < 4.78 is 1.41. The van der Waals surface area contributed by atoms with Crippen LogP contribution in [0.25, 0.3) is 22.2 Å². The minimum atomic E-state index is 0.470. The molecule has 3 aromatic rings. The number of pyridine rings is 1. The summed E-state index contributed by atoms with van der Waals surface area (Å²) in [6, 6.07) is 6.01. The monoisotopic (exact) mass is 283 g/mol. The predicted octanol–water partition coefficient (Wildman–Crippen LogP) is 3.46. The summed E-state index contributed by atoms with van der Waals surface area (Å²) in [5, 5.41) is 5.95. The van der Waals surface area contributed by atoms with Crippen molar-refractivity contribution in [2.75, 3.05) is 0 Å². The van der Waals surface area contributed by atoms with Gasteiger partial charge in [-0.05, 0) is 24.6 Å². The Balaban J connectivity index is 2.24. The first kappa shape index (κ1) is 11.4. The van der Waals surface area contributed by atoms with Crippen molar-refractivity contribution in [2.24, 2.45) is 0 Å². The highest BCUT2D eigenvalue weighted by atomic mass is 35.5. The van der Waals surface area contributed by atoms with Crippen LogP contribution in [0.1, 0.15) is 5.56 Å². The number of hydrogen-bond donors (Lipinski definition) is 0. The Morgan fingerprint density at radius 3 is 3.00 bits per heavy atom. The fourth-order valence-corrected chi connectivity index (χ4v) is 3.92. The highest BCUT2D eigenvalue weighted by Gasteiger charge is 2.26. The van der Waals surface area contributed by atoms with Crippen LogP contribution in [-0.2, 0) is 0 Å². The van der Waals surface area contributed by atoms with Crippen molar-refractivity contribution in [2.45, 2.75) is 16.7 Å². The van der Waals surface area contributed by atoms with E-state index in [2.05, 4.69) is 23.1 Å². The van der Waals surface area contributed by atoms with Crippen molar-refractivity contribution in [3.63, 3.8) is 0 Å². The number of rotatable bonds is 0. The number of fused-ring (bicyclic) bond motifs is 2. The molecule has 1 aliphatic heterocycles. The first-order chi connectivity index (χ1) is 9.16. The molecule has 0 unspecified atom stereocenters. The van der Waals surface area contributed by atoms with Crippen LogP contribution in [0.15, 0.2) is 34.2 Å². The average molecular weight is 284 g/mol. The van der Waals surface area contributed by atoms with Gasteiger partial charge >= 0.3 is 0 Å². The van der Waals surface area contributed by atoms with Gasteiger partial charge in [0, 0.05) is 21.4 Å². The molecule has 0 N–H and O–H groups in total. The van der Waals surface area contributed by atoms with Gasteiger partial charge in [-0.15, -0.1) is 0 Å². The van der Waals surface area contributed by atoms with Gasteiger partial charge in [-0.1, -0.05) is 29.4 Å². The normalized spacial score (nSPS) is 12.7. The smallest absolute Gasteiger partial charge is 0.265 e. The first-order valence-electron chi connectivity index (χ1n) is 5.77. The van der Waals surface area contributed by atoms with Crippen LogP contribution in [0.3, 0.4) is 0 Å². The minimum Gasteiger partial charge on any atom is -0.323 e. The second-order valence-electron chi connectivity index (χ2n) is 4.48. The maximum atomic E-state index is 6.23. The molecule has 6 heteroatoms. The van der Waals surface area contributed by atoms with Crippen molar-refractivity contribution in [3.8, 4) is 11.3 Å². The van der Waals surface area contributed by atoms with Crippen molar-refractivity contribution in [1.82, 2.24) is 14.7 Å². The molecule has 0 saturated heterocycles. The highest BCUT2D eigenvalue weighted by Crippen LogP contribution is 2.50. The van der Waals surface area contributed by atoms with Crippen LogP contribution in [-0.4, -0.2) is 22.7 Å². The fourth-order valence-electron chi connectivity index (χ4n) is 2.44. The van der Waals surface area contributed by atoms with Crippen molar-refractivity contribution in [1.29, 1.82) is 0 Å². The van der Waals surface area contributed by atoms with Crippen molar-refractivity contribution >= 4 is 42.2 Å². The van der Waals surface area contributed by atoms with E-state index in [4.69, 9.17) is 19.6 Å². The van der Waals surface area contributed by atoms with E-state index in [1.54, 1.807) is 18.0 Å². The summed E-state index contributed by atoms with van der Waals surface area (Å²) in [4.78, 5) is 6.41. The molecule has 19 heavy (non-hydrogen) atoms. The zero-order valence-corrected chi connectivity index (χ0v) is 11.6. The summed E-state index contributed by atoms with van der Waals surface area (Å²) in [5.41, 5.74) is 3.82. The lowest BCUT2D eigenvalue weighted by Crippen LogP contribution is -1.95. The van der Waals surface area contributed by atoms with Crippen LogP contribution < -0.4 is 0 Å². The van der Waals surface area contributed by atoms with E-state index in [0.717, 1.165) is 27.1 Å². The Morgan fingerprint density at radius 2 is 2.16 bits per heavy atom. The quantitative estimate of drug-likeness (QED) is 0.366. The number of aromatic nitrogens is 3. The minimum absolute atomic E-state index is 0.470. The third kappa shape index (κ3) is 1.43. The molecule has 0 fully saturated rings. The van der Waals surface area contributed by atoms with Gasteiger partial charge in [0.15, 0.2) is 0 Å². The molecule has 0 aliphatic carbocycles. The van der Waals surface area contributed by atoms with Crippen molar-refractivity contribution in [3.05, 3.63) is 35.1 Å². The second kappa shape index (κ2) is 3.77. The largest absolute Gasteiger partial charge is 0.323 e. The first-order valence-corrected chi connectivity index (χ1v) is 6.96. The molecule has 0 bridgehead atoms.